The lowest BCUT2D eigenvalue weighted by Crippen LogP contribution is -2.01. The molecule has 0 fully saturated rings. The van der Waals surface area contributed by atoms with Crippen molar-refractivity contribution < 1.29 is 4.42 Å². The van der Waals surface area contributed by atoms with Crippen LogP contribution in [0.2, 0.25) is 0 Å². The van der Waals surface area contributed by atoms with Gasteiger partial charge in [0.1, 0.15) is 17.0 Å². The number of hydrogen-bond donors (Lipinski definition) is 0. The molecule has 45 heavy (non-hydrogen) atoms. The van der Waals surface area contributed by atoms with E-state index in [1.807, 2.05) is 109 Å². The molecule has 0 saturated heterocycles. The van der Waals surface area contributed by atoms with Crippen LogP contribution >= 0.6 is 0 Å². The van der Waals surface area contributed by atoms with Gasteiger partial charge in [0.25, 0.3) is 0 Å². The van der Waals surface area contributed by atoms with Crippen LogP contribution < -0.4 is 0 Å². The predicted octanol–water partition coefficient (Wildman–Crippen LogP) is 9.54. The molecule has 5 aromatic carbocycles. The highest BCUT2D eigenvalue weighted by atomic mass is 16.3. The first-order valence-corrected chi connectivity index (χ1v) is 14.8. The number of benzene rings is 5. The van der Waals surface area contributed by atoms with E-state index in [9.17, 15) is 0 Å². The quantitative estimate of drug-likeness (QED) is 0.194. The number of aromatic nitrogens is 5. The van der Waals surface area contributed by atoms with Crippen molar-refractivity contribution in [3.63, 3.8) is 0 Å². The average Bonchev–Trinajstić information content (AvgIpc) is 3.51. The van der Waals surface area contributed by atoms with E-state index in [2.05, 4.69) is 30.3 Å². The van der Waals surface area contributed by atoms with Crippen LogP contribution in [0.5, 0.6) is 0 Å². The van der Waals surface area contributed by atoms with E-state index >= 15 is 0 Å². The fourth-order valence-electron chi connectivity index (χ4n) is 6.08. The van der Waals surface area contributed by atoms with E-state index < -0.39 is 0 Å². The summed E-state index contributed by atoms with van der Waals surface area (Å²) in [6, 6.07) is 44.5. The molecule has 0 N–H and O–H groups in total. The van der Waals surface area contributed by atoms with Gasteiger partial charge < -0.3 is 4.42 Å². The van der Waals surface area contributed by atoms with Gasteiger partial charge in [-0.25, -0.2) is 24.9 Å². The molecule has 9 aromatic rings. The summed E-state index contributed by atoms with van der Waals surface area (Å²) in [6.45, 7) is 0. The minimum Gasteiger partial charge on any atom is -0.454 e. The van der Waals surface area contributed by atoms with Crippen LogP contribution in [0, 0.1) is 0 Å². The van der Waals surface area contributed by atoms with Crippen LogP contribution in [0.25, 0.3) is 89.2 Å². The zero-order chi connectivity index (χ0) is 29.7. The van der Waals surface area contributed by atoms with Crippen LogP contribution in [-0.2, 0) is 0 Å². The van der Waals surface area contributed by atoms with E-state index in [1.165, 1.54) is 0 Å². The highest BCUT2D eigenvalue weighted by Gasteiger charge is 2.23. The van der Waals surface area contributed by atoms with Crippen LogP contribution in [-0.4, -0.2) is 24.9 Å². The minimum atomic E-state index is 0.523. The smallest absolute Gasteiger partial charge is 0.166 e. The third-order valence-electron chi connectivity index (χ3n) is 8.18. The summed E-state index contributed by atoms with van der Waals surface area (Å²) in [5, 5.41) is 5.07. The number of rotatable bonds is 4. The second-order valence-corrected chi connectivity index (χ2v) is 10.9. The second kappa shape index (κ2) is 10.2. The fourth-order valence-corrected chi connectivity index (χ4v) is 6.08. The lowest BCUT2D eigenvalue weighted by molar-refractivity contribution is 0.668. The van der Waals surface area contributed by atoms with E-state index in [1.54, 1.807) is 0 Å². The van der Waals surface area contributed by atoms with Crippen molar-refractivity contribution >= 4 is 43.6 Å². The minimum absolute atomic E-state index is 0.523. The Labute approximate surface area is 257 Å². The van der Waals surface area contributed by atoms with Crippen molar-refractivity contribution in [3.8, 4) is 45.6 Å². The third-order valence-corrected chi connectivity index (χ3v) is 8.18. The Morgan fingerprint density at radius 2 is 0.978 bits per heavy atom. The molecule has 4 heterocycles. The second-order valence-electron chi connectivity index (χ2n) is 10.9. The molecule has 0 aliphatic heterocycles. The Morgan fingerprint density at radius 3 is 1.69 bits per heavy atom. The van der Waals surface area contributed by atoms with Gasteiger partial charge in [0.2, 0.25) is 0 Å². The fraction of sp³-hybridized carbons (Fsp3) is 0. The summed E-state index contributed by atoms with van der Waals surface area (Å²) in [6.07, 6.45) is 1.85. The maximum atomic E-state index is 6.62. The Morgan fingerprint density at radius 1 is 0.422 bits per heavy atom. The summed E-state index contributed by atoms with van der Waals surface area (Å²) < 4.78 is 6.62. The van der Waals surface area contributed by atoms with Gasteiger partial charge in [-0.05, 0) is 17.5 Å². The Kier molecular flexibility index (Phi) is 5.71. The SMILES string of the molecule is c1ccc(-c2nc(-c3ccccc3)nc(-c3cnc(-c4nc5ccccc5c5ccccc45)c4oc5ccccc5c34)n2)cc1. The number of furan rings is 1. The van der Waals surface area contributed by atoms with Crippen molar-refractivity contribution in [2.75, 3.05) is 0 Å². The third kappa shape index (κ3) is 4.15. The maximum Gasteiger partial charge on any atom is 0.166 e. The molecular weight excluding hydrogens is 554 g/mol. The van der Waals surface area contributed by atoms with Crippen molar-refractivity contribution in [3.05, 3.63) is 140 Å². The molecule has 0 bridgehead atoms. The van der Waals surface area contributed by atoms with Gasteiger partial charge in [-0.1, -0.05) is 121 Å². The summed E-state index contributed by atoms with van der Waals surface area (Å²) in [5.74, 6) is 1.70. The number of pyridine rings is 2. The van der Waals surface area contributed by atoms with E-state index in [-0.39, 0.29) is 0 Å². The van der Waals surface area contributed by atoms with Gasteiger partial charge >= 0.3 is 0 Å². The van der Waals surface area contributed by atoms with Gasteiger partial charge in [0, 0.05) is 44.4 Å². The molecule has 0 radical (unpaired) electrons. The molecule has 0 aliphatic rings. The van der Waals surface area contributed by atoms with Gasteiger partial charge in [-0.2, -0.15) is 0 Å². The molecule has 210 valence electrons. The lowest BCUT2D eigenvalue weighted by atomic mass is 10.0. The largest absolute Gasteiger partial charge is 0.454 e. The van der Waals surface area contributed by atoms with Gasteiger partial charge in [0.05, 0.1) is 5.52 Å². The first-order chi connectivity index (χ1) is 22.3. The lowest BCUT2D eigenvalue weighted by Gasteiger charge is -2.12. The number of fused-ring (bicyclic) bond motifs is 6. The standard InChI is InChI=1S/C39H23N5O/c1-3-13-24(14-4-1)37-42-38(25-15-5-2-6-16-25)44-39(43-37)30-23-40-35(36-33(30)29-20-10-12-22-32(29)45-36)34-28-19-8-7-17-26(28)27-18-9-11-21-31(27)41-34/h1-23H. The molecule has 6 nitrogen and oxygen atoms in total. The molecule has 0 saturated carbocycles. The first kappa shape index (κ1) is 25.2. The van der Waals surface area contributed by atoms with E-state index in [0.717, 1.165) is 60.4 Å². The zero-order valence-electron chi connectivity index (χ0n) is 23.9. The maximum absolute atomic E-state index is 6.62. The predicted molar refractivity (Wildman–Crippen MR) is 179 cm³/mol. The zero-order valence-corrected chi connectivity index (χ0v) is 23.9. The van der Waals surface area contributed by atoms with Crippen molar-refractivity contribution in [1.29, 1.82) is 0 Å². The molecule has 9 rings (SSSR count). The normalized spacial score (nSPS) is 11.6. The number of nitrogens with zero attached hydrogens (tertiary/aromatic N) is 5. The van der Waals surface area contributed by atoms with Crippen LogP contribution in [0.3, 0.4) is 0 Å². The Bertz CT molecular complexity index is 2480. The van der Waals surface area contributed by atoms with Crippen LogP contribution in [0.4, 0.5) is 0 Å². The average molecular weight is 578 g/mol. The monoisotopic (exact) mass is 577 g/mol. The summed E-state index contributed by atoms with van der Waals surface area (Å²) in [7, 11) is 0. The highest BCUT2D eigenvalue weighted by molar-refractivity contribution is 6.18. The topological polar surface area (TPSA) is 77.6 Å². The van der Waals surface area contributed by atoms with Crippen molar-refractivity contribution in [2.24, 2.45) is 0 Å². The molecule has 0 atom stereocenters. The van der Waals surface area contributed by atoms with Gasteiger partial charge in [-0.3, -0.25) is 0 Å². The number of para-hydroxylation sites is 2. The molecule has 0 amide bonds. The Hall–Kier alpha value is -6.27. The molecule has 6 heteroatoms. The summed E-state index contributed by atoms with van der Waals surface area (Å²) >= 11 is 0. The molecule has 0 unspecified atom stereocenters. The Balaban J connectivity index is 1.36. The summed E-state index contributed by atoms with van der Waals surface area (Å²) in [4.78, 5) is 25.1. The van der Waals surface area contributed by atoms with Crippen molar-refractivity contribution in [2.45, 2.75) is 0 Å². The van der Waals surface area contributed by atoms with Gasteiger partial charge in [-0.15, -0.1) is 0 Å². The first-order valence-electron chi connectivity index (χ1n) is 14.8. The van der Waals surface area contributed by atoms with E-state index in [0.29, 0.717) is 28.8 Å². The molecule has 4 aromatic heterocycles. The summed E-state index contributed by atoms with van der Waals surface area (Å²) in [5.41, 5.74) is 6.32. The van der Waals surface area contributed by atoms with E-state index in [4.69, 9.17) is 29.3 Å². The van der Waals surface area contributed by atoms with Crippen LogP contribution in [0.1, 0.15) is 0 Å². The number of hydrogen-bond acceptors (Lipinski definition) is 6. The molecule has 0 aliphatic carbocycles. The highest BCUT2D eigenvalue weighted by Crippen LogP contribution is 2.42. The van der Waals surface area contributed by atoms with Crippen molar-refractivity contribution in [1.82, 2.24) is 24.9 Å². The van der Waals surface area contributed by atoms with Crippen LogP contribution in [0.15, 0.2) is 144 Å². The molecule has 0 spiro atoms. The molecular formula is C39H23N5O. The van der Waals surface area contributed by atoms with Gasteiger partial charge in [0.15, 0.2) is 23.1 Å².